The number of hydrogen-bond acceptors (Lipinski definition) is 6. The van der Waals surface area contributed by atoms with Crippen molar-refractivity contribution in [1.82, 2.24) is 10.3 Å². The Labute approximate surface area is 201 Å². The summed E-state index contributed by atoms with van der Waals surface area (Å²) < 4.78 is 11.9. The molecule has 1 aliphatic rings. The fourth-order valence-electron chi connectivity index (χ4n) is 4.23. The summed E-state index contributed by atoms with van der Waals surface area (Å²) in [5, 5.41) is 15.4. The first kappa shape index (κ1) is 21.6. The van der Waals surface area contributed by atoms with Crippen molar-refractivity contribution in [3.63, 3.8) is 0 Å². The van der Waals surface area contributed by atoms with Crippen molar-refractivity contribution < 1.29 is 14.1 Å². The van der Waals surface area contributed by atoms with Crippen molar-refractivity contribution in [1.29, 1.82) is 0 Å². The van der Waals surface area contributed by atoms with Gasteiger partial charge in [-0.2, -0.15) is 0 Å². The molecule has 3 heterocycles. The summed E-state index contributed by atoms with van der Waals surface area (Å²) in [5.41, 5.74) is 1.95. The van der Waals surface area contributed by atoms with Crippen LogP contribution in [-0.2, 0) is 0 Å². The Morgan fingerprint density at radius 1 is 1.06 bits per heavy atom. The van der Waals surface area contributed by atoms with Gasteiger partial charge in [-0.1, -0.05) is 30.3 Å². The number of para-hydroxylation sites is 3. The second kappa shape index (κ2) is 8.95. The van der Waals surface area contributed by atoms with Gasteiger partial charge in [0.1, 0.15) is 23.3 Å². The quantitative estimate of drug-likeness (QED) is 0.225. The number of thiocarbonyl (C=S) groups is 1. The lowest BCUT2D eigenvalue weighted by atomic mass is 10.0. The molecule has 2 aromatic carbocycles. The van der Waals surface area contributed by atoms with Crippen LogP contribution in [0.2, 0.25) is 0 Å². The number of hydrogen-bond donors (Lipinski definition) is 1. The highest BCUT2D eigenvalue weighted by Gasteiger charge is 2.43. The molecule has 8 nitrogen and oxygen atoms in total. The largest absolute Gasteiger partial charge is 0.495 e. The summed E-state index contributed by atoms with van der Waals surface area (Å²) in [4.78, 5) is 17.6. The van der Waals surface area contributed by atoms with E-state index < -0.39 is 11.0 Å². The second-order valence-electron chi connectivity index (χ2n) is 7.64. The van der Waals surface area contributed by atoms with Crippen LogP contribution in [0.5, 0.6) is 5.75 Å². The summed E-state index contributed by atoms with van der Waals surface area (Å²) in [5.74, 6) is 1.64. The third-order valence-corrected chi connectivity index (χ3v) is 6.04. The van der Waals surface area contributed by atoms with Gasteiger partial charge in [0, 0.05) is 12.3 Å². The minimum Gasteiger partial charge on any atom is -0.495 e. The highest BCUT2D eigenvalue weighted by Crippen LogP contribution is 2.45. The van der Waals surface area contributed by atoms with Crippen LogP contribution in [0.4, 0.5) is 11.4 Å². The topological polar surface area (TPSA) is 93.7 Å². The molecule has 0 saturated carbocycles. The van der Waals surface area contributed by atoms with E-state index in [9.17, 15) is 10.1 Å². The molecule has 9 heteroatoms. The molecule has 170 valence electrons. The molecule has 0 bridgehead atoms. The lowest BCUT2D eigenvalue weighted by molar-refractivity contribution is -0.384. The van der Waals surface area contributed by atoms with E-state index in [0.29, 0.717) is 27.9 Å². The Kier molecular flexibility index (Phi) is 5.69. The monoisotopic (exact) mass is 472 g/mol. The molecule has 1 fully saturated rings. The number of aromatic nitrogens is 1. The van der Waals surface area contributed by atoms with Gasteiger partial charge in [-0.25, -0.2) is 0 Å². The van der Waals surface area contributed by atoms with Gasteiger partial charge in [0.05, 0.1) is 35.0 Å². The maximum Gasteiger partial charge on any atom is 0.280 e. The summed E-state index contributed by atoms with van der Waals surface area (Å²) in [6.45, 7) is 0. The Hall–Kier alpha value is -4.24. The van der Waals surface area contributed by atoms with E-state index in [-0.39, 0.29) is 11.7 Å². The maximum absolute atomic E-state index is 11.6. The zero-order chi connectivity index (χ0) is 23.7. The normalized spacial score (nSPS) is 17.4. The number of pyridine rings is 1. The fourth-order valence-corrected chi connectivity index (χ4v) is 4.57. The lowest BCUT2D eigenvalue weighted by Crippen LogP contribution is -2.29. The number of nitro benzene ring substituents is 1. The van der Waals surface area contributed by atoms with Gasteiger partial charge in [-0.05, 0) is 54.7 Å². The molecular weight excluding hydrogens is 452 g/mol. The van der Waals surface area contributed by atoms with Crippen LogP contribution >= 0.6 is 12.2 Å². The fraction of sp³-hybridized carbons (Fsp3) is 0.120. The second-order valence-corrected chi connectivity index (χ2v) is 8.03. The average Bonchev–Trinajstić information content (AvgIpc) is 3.49. The Bertz CT molecular complexity index is 1360. The molecule has 0 amide bonds. The molecule has 0 unspecified atom stereocenters. The Balaban J connectivity index is 1.64. The molecule has 1 saturated heterocycles. The third-order valence-electron chi connectivity index (χ3n) is 5.73. The molecule has 5 rings (SSSR count). The van der Waals surface area contributed by atoms with Gasteiger partial charge in [0.15, 0.2) is 5.11 Å². The van der Waals surface area contributed by atoms with E-state index in [1.54, 1.807) is 37.6 Å². The molecule has 1 N–H and O–H groups in total. The van der Waals surface area contributed by atoms with Gasteiger partial charge in [-0.15, -0.1) is 0 Å². The molecule has 4 aromatic rings. The van der Waals surface area contributed by atoms with E-state index in [2.05, 4.69) is 10.3 Å². The number of furan rings is 1. The number of nitrogens with zero attached hydrogens (tertiary/aromatic N) is 3. The summed E-state index contributed by atoms with van der Waals surface area (Å²) in [6, 6.07) is 22.6. The van der Waals surface area contributed by atoms with Crippen molar-refractivity contribution >= 4 is 28.7 Å². The minimum absolute atomic E-state index is 0.0219. The number of rotatable bonds is 6. The number of ether oxygens (including phenoxy) is 1. The van der Waals surface area contributed by atoms with Crippen molar-refractivity contribution in [3.05, 3.63) is 107 Å². The smallest absolute Gasteiger partial charge is 0.280 e. The van der Waals surface area contributed by atoms with Crippen LogP contribution < -0.4 is 15.0 Å². The predicted octanol–water partition coefficient (Wildman–Crippen LogP) is 5.44. The van der Waals surface area contributed by atoms with Gasteiger partial charge >= 0.3 is 0 Å². The molecule has 0 aliphatic carbocycles. The first-order chi connectivity index (χ1) is 16.6. The van der Waals surface area contributed by atoms with E-state index in [4.69, 9.17) is 21.4 Å². The lowest BCUT2D eigenvalue weighted by Gasteiger charge is -2.27. The van der Waals surface area contributed by atoms with Gasteiger partial charge in [0.2, 0.25) is 0 Å². The third kappa shape index (κ3) is 3.75. The van der Waals surface area contributed by atoms with Gasteiger partial charge in [0.25, 0.3) is 5.69 Å². The van der Waals surface area contributed by atoms with E-state index in [1.165, 1.54) is 6.07 Å². The molecule has 0 spiro atoms. The molecule has 0 radical (unpaired) electrons. The van der Waals surface area contributed by atoms with Crippen LogP contribution in [0, 0.1) is 10.1 Å². The first-order valence-corrected chi connectivity index (χ1v) is 11.0. The maximum atomic E-state index is 11.6. The number of methoxy groups -OCH3 is 1. The zero-order valence-corrected chi connectivity index (χ0v) is 18.9. The van der Waals surface area contributed by atoms with Crippen LogP contribution in [0.3, 0.4) is 0 Å². The van der Waals surface area contributed by atoms with Crippen molar-refractivity contribution in [2.24, 2.45) is 0 Å². The van der Waals surface area contributed by atoms with Crippen molar-refractivity contribution in [3.8, 4) is 17.1 Å². The van der Waals surface area contributed by atoms with Crippen LogP contribution in [0.1, 0.15) is 23.5 Å². The van der Waals surface area contributed by atoms with Gasteiger partial charge < -0.3 is 19.4 Å². The Morgan fingerprint density at radius 2 is 1.82 bits per heavy atom. The average molecular weight is 473 g/mol. The number of benzene rings is 2. The van der Waals surface area contributed by atoms with Crippen molar-refractivity contribution in [2.45, 2.75) is 12.1 Å². The highest BCUT2D eigenvalue weighted by molar-refractivity contribution is 7.80. The van der Waals surface area contributed by atoms with Gasteiger partial charge in [-0.3, -0.25) is 15.1 Å². The highest BCUT2D eigenvalue weighted by atomic mass is 32.1. The molecule has 2 aromatic heterocycles. The molecule has 2 atom stereocenters. The standard InChI is InChI=1S/C25H20N4O4S/c1-32-21-12-5-4-11-19(21)28-24(23(27-25(28)34)17-9-6-7-15-26-17)22-14-13-20(33-22)16-8-2-3-10-18(16)29(30)31/h2-15,23-24H,1H3,(H,27,34)/t23-,24-/m1/s1. The molecular formula is C25H20N4O4S. The first-order valence-electron chi connectivity index (χ1n) is 10.6. The predicted molar refractivity (Wildman–Crippen MR) is 132 cm³/mol. The SMILES string of the molecule is COc1ccccc1N1C(=S)N[C@H](c2ccccn2)[C@H]1c1ccc(-c2ccccc2[N+](=O)[O-])o1. The minimum atomic E-state index is -0.415. The van der Waals surface area contributed by atoms with Crippen LogP contribution in [-0.4, -0.2) is 22.1 Å². The molecule has 34 heavy (non-hydrogen) atoms. The Morgan fingerprint density at radius 3 is 2.59 bits per heavy atom. The van der Waals surface area contributed by atoms with Crippen LogP contribution in [0.25, 0.3) is 11.3 Å². The zero-order valence-electron chi connectivity index (χ0n) is 18.1. The van der Waals surface area contributed by atoms with Crippen molar-refractivity contribution in [2.75, 3.05) is 12.0 Å². The number of nitrogens with one attached hydrogen (secondary N) is 1. The number of nitro groups is 1. The summed E-state index contributed by atoms with van der Waals surface area (Å²) >= 11 is 5.74. The van der Waals surface area contributed by atoms with E-state index in [1.807, 2.05) is 53.4 Å². The molecule has 1 aliphatic heterocycles. The summed E-state index contributed by atoms with van der Waals surface area (Å²) in [7, 11) is 1.61. The van der Waals surface area contributed by atoms with E-state index in [0.717, 1.165) is 11.4 Å². The number of anilines is 1. The van der Waals surface area contributed by atoms with Crippen LogP contribution in [0.15, 0.2) is 89.5 Å². The van der Waals surface area contributed by atoms with E-state index >= 15 is 0 Å². The summed E-state index contributed by atoms with van der Waals surface area (Å²) in [6.07, 6.45) is 1.73.